The van der Waals surface area contributed by atoms with Crippen LogP contribution in [0.5, 0.6) is 5.75 Å². The minimum absolute atomic E-state index is 0.0316. The van der Waals surface area contributed by atoms with Crippen molar-refractivity contribution in [1.82, 2.24) is 9.47 Å². The first kappa shape index (κ1) is 25.6. The normalized spacial score (nSPS) is 14.6. The summed E-state index contributed by atoms with van der Waals surface area (Å²) >= 11 is 6.28. The highest BCUT2D eigenvalue weighted by atomic mass is 35.5. The van der Waals surface area contributed by atoms with Gasteiger partial charge in [0.15, 0.2) is 5.75 Å². The minimum Gasteiger partial charge on any atom is -0.404 e. The maximum Gasteiger partial charge on any atom is 0.573 e. The summed E-state index contributed by atoms with van der Waals surface area (Å²) < 4.78 is 57.1. The number of amides is 1. The van der Waals surface area contributed by atoms with Crippen LogP contribution in [0, 0.1) is 5.82 Å². The number of aromatic nitrogens is 1. The van der Waals surface area contributed by atoms with Crippen molar-refractivity contribution < 1.29 is 27.1 Å². The molecular formula is C25H22ClF4N3O3. The van der Waals surface area contributed by atoms with Crippen LogP contribution < -0.4 is 15.6 Å². The summed E-state index contributed by atoms with van der Waals surface area (Å²) in [5.74, 6) is -1.13. The van der Waals surface area contributed by atoms with Gasteiger partial charge in [-0.2, -0.15) is 0 Å². The number of carbonyl (C=O) groups excluding carboxylic acids is 1. The zero-order chi connectivity index (χ0) is 26.0. The van der Waals surface area contributed by atoms with E-state index in [1.165, 1.54) is 43.6 Å². The number of alkyl halides is 3. The first-order valence-electron chi connectivity index (χ1n) is 11.1. The Labute approximate surface area is 209 Å². The van der Waals surface area contributed by atoms with E-state index < -0.39 is 23.6 Å². The molecule has 1 aliphatic rings. The van der Waals surface area contributed by atoms with Crippen LogP contribution in [0.15, 0.2) is 59.5 Å². The van der Waals surface area contributed by atoms with Gasteiger partial charge in [0.25, 0.3) is 11.5 Å². The van der Waals surface area contributed by atoms with Crippen molar-refractivity contribution in [2.24, 2.45) is 7.05 Å². The molecule has 11 heteroatoms. The van der Waals surface area contributed by atoms with E-state index in [0.29, 0.717) is 25.9 Å². The topological polar surface area (TPSA) is 63.6 Å². The van der Waals surface area contributed by atoms with E-state index in [4.69, 9.17) is 11.6 Å². The van der Waals surface area contributed by atoms with Crippen LogP contribution in [0.2, 0.25) is 5.02 Å². The van der Waals surface area contributed by atoms with Gasteiger partial charge in [0.05, 0.1) is 16.9 Å². The SMILES string of the molecule is Cn1cc(C(=O)N2CCC(c3ccc(F)cc3)CC2)c(Nc2ccccc2OC(F)(F)F)c(Cl)c1=O. The highest BCUT2D eigenvalue weighted by Crippen LogP contribution is 2.36. The lowest BCUT2D eigenvalue weighted by Crippen LogP contribution is -2.39. The summed E-state index contributed by atoms with van der Waals surface area (Å²) in [5, 5.41) is 2.37. The Morgan fingerprint density at radius 2 is 1.72 bits per heavy atom. The fourth-order valence-electron chi connectivity index (χ4n) is 4.22. The van der Waals surface area contributed by atoms with Gasteiger partial charge in [-0.3, -0.25) is 9.59 Å². The Balaban J connectivity index is 1.61. The lowest BCUT2D eigenvalue weighted by atomic mass is 9.89. The summed E-state index contributed by atoms with van der Waals surface area (Å²) in [6.07, 6.45) is -2.36. The molecule has 2 aromatic carbocycles. The van der Waals surface area contributed by atoms with E-state index in [-0.39, 0.29) is 33.7 Å². The number of halogens is 5. The third-order valence-corrected chi connectivity index (χ3v) is 6.40. The first-order chi connectivity index (χ1) is 17.0. The molecule has 2 heterocycles. The van der Waals surface area contributed by atoms with Crippen LogP contribution in [-0.2, 0) is 7.05 Å². The molecule has 0 unspecified atom stereocenters. The highest BCUT2D eigenvalue weighted by molar-refractivity contribution is 6.34. The summed E-state index contributed by atoms with van der Waals surface area (Å²) in [7, 11) is 1.43. The smallest absolute Gasteiger partial charge is 0.404 e. The molecule has 0 spiro atoms. The number of hydrogen-bond acceptors (Lipinski definition) is 4. The monoisotopic (exact) mass is 523 g/mol. The summed E-state index contributed by atoms with van der Waals surface area (Å²) in [6.45, 7) is 0.795. The molecule has 0 radical (unpaired) electrons. The van der Waals surface area contributed by atoms with E-state index in [1.807, 2.05) is 0 Å². The van der Waals surface area contributed by atoms with Crippen molar-refractivity contribution in [3.05, 3.63) is 87.0 Å². The van der Waals surface area contributed by atoms with Crippen molar-refractivity contribution in [2.45, 2.75) is 25.1 Å². The summed E-state index contributed by atoms with van der Waals surface area (Å²) in [5.41, 5.74) is 0.166. The summed E-state index contributed by atoms with van der Waals surface area (Å²) in [4.78, 5) is 27.6. The molecule has 0 aliphatic carbocycles. The number of anilines is 2. The molecule has 36 heavy (non-hydrogen) atoms. The molecule has 1 amide bonds. The quantitative estimate of drug-likeness (QED) is 0.427. The number of hydrogen-bond donors (Lipinski definition) is 1. The predicted octanol–water partition coefficient (Wildman–Crippen LogP) is 5.84. The predicted molar refractivity (Wildman–Crippen MR) is 127 cm³/mol. The Kier molecular flexibility index (Phi) is 7.26. The zero-order valence-corrected chi connectivity index (χ0v) is 19.9. The molecule has 1 aliphatic heterocycles. The Morgan fingerprint density at radius 1 is 1.08 bits per heavy atom. The van der Waals surface area contributed by atoms with Crippen molar-refractivity contribution in [1.29, 1.82) is 0 Å². The Bertz CT molecular complexity index is 1320. The lowest BCUT2D eigenvalue weighted by Gasteiger charge is -2.33. The van der Waals surface area contributed by atoms with Crippen LogP contribution >= 0.6 is 11.6 Å². The summed E-state index contributed by atoms with van der Waals surface area (Å²) in [6, 6.07) is 11.5. The lowest BCUT2D eigenvalue weighted by molar-refractivity contribution is -0.274. The van der Waals surface area contributed by atoms with Crippen molar-refractivity contribution in [3.63, 3.8) is 0 Å². The van der Waals surface area contributed by atoms with Crippen molar-refractivity contribution >= 4 is 28.9 Å². The fourth-order valence-corrected chi connectivity index (χ4v) is 4.50. The van der Waals surface area contributed by atoms with Gasteiger partial charge in [0, 0.05) is 26.3 Å². The van der Waals surface area contributed by atoms with E-state index >= 15 is 0 Å². The second-order valence-corrected chi connectivity index (χ2v) is 8.81. The molecule has 4 rings (SSSR count). The number of ether oxygens (including phenoxy) is 1. The van der Waals surface area contributed by atoms with Crippen LogP contribution in [0.4, 0.5) is 28.9 Å². The van der Waals surface area contributed by atoms with E-state index in [9.17, 15) is 27.2 Å². The average Bonchev–Trinajstić information content (AvgIpc) is 2.84. The van der Waals surface area contributed by atoms with Gasteiger partial charge in [-0.15, -0.1) is 13.2 Å². The molecule has 3 aromatic rings. The first-order valence-corrected chi connectivity index (χ1v) is 11.5. The van der Waals surface area contributed by atoms with E-state index in [1.54, 1.807) is 17.0 Å². The molecule has 0 saturated carbocycles. The number of pyridine rings is 1. The van der Waals surface area contributed by atoms with Crippen LogP contribution in [0.25, 0.3) is 0 Å². The van der Waals surface area contributed by atoms with Gasteiger partial charge in [0.1, 0.15) is 10.8 Å². The van der Waals surface area contributed by atoms with Crippen LogP contribution in [-0.4, -0.2) is 34.8 Å². The van der Waals surface area contributed by atoms with Gasteiger partial charge < -0.3 is 19.5 Å². The highest BCUT2D eigenvalue weighted by Gasteiger charge is 2.33. The van der Waals surface area contributed by atoms with Gasteiger partial charge in [-0.1, -0.05) is 35.9 Å². The Hall–Kier alpha value is -3.53. The number of benzene rings is 2. The third-order valence-electron chi connectivity index (χ3n) is 6.05. The minimum atomic E-state index is -4.94. The molecule has 1 aromatic heterocycles. The van der Waals surface area contributed by atoms with E-state index in [2.05, 4.69) is 10.1 Å². The molecule has 6 nitrogen and oxygen atoms in total. The number of para-hydroxylation sites is 2. The number of rotatable bonds is 5. The standard InChI is InChI=1S/C25H22ClF4N3O3/c1-32-14-18(23(34)33-12-10-16(11-13-33)15-6-8-17(27)9-7-15)22(21(26)24(32)35)31-19-4-2-3-5-20(19)36-25(28,29)30/h2-9,14,16,31H,10-13H2,1H3. The molecule has 190 valence electrons. The zero-order valence-electron chi connectivity index (χ0n) is 19.1. The maximum absolute atomic E-state index is 13.5. The van der Waals surface area contributed by atoms with Crippen LogP contribution in [0.3, 0.4) is 0 Å². The van der Waals surface area contributed by atoms with Gasteiger partial charge in [0.2, 0.25) is 0 Å². The second-order valence-electron chi connectivity index (χ2n) is 8.43. The van der Waals surface area contributed by atoms with Gasteiger partial charge in [-0.25, -0.2) is 4.39 Å². The molecular weight excluding hydrogens is 502 g/mol. The second kappa shape index (κ2) is 10.2. The number of carbonyl (C=O) groups is 1. The largest absolute Gasteiger partial charge is 0.573 e. The van der Waals surface area contributed by atoms with Gasteiger partial charge in [-0.05, 0) is 48.6 Å². The number of nitrogens with zero attached hydrogens (tertiary/aromatic N) is 2. The number of piperidine rings is 1. The molecule has 0 bridgehead atoms. The molecule has 0 atom stereocenters. The maximum atomic E-state index is 13.5. The molecule has 1 fully saturated rings. The van der Waals surface area contributed by atoms with Crippen LogP contribution in [0.1, 0.15) is 34.7 Å². The van der Waals surface area contributed by atoms with Gasteiger partial charge >= 0.3 is 6.36 Å². The number of nitrogens with one attached hydrogen (secondary N) is 1. The Morgan fingerprint density at radius 3 is 2.36 bits per heavy atom. The molecule has 1 N–H and O–H groups in total. The fraction of sp³-hybridized carbons (Fsp3) is 0.280. The van der Waals surface area contributed by atoms with Crippen molar-refractivity contribution in [2.75, 3.05) is 18.4 Å². The third kappa shape index (κ3) is 5.64. The number of aryl methyl sites for hydroxylation is 1. The average molecular weight is 524 g/mol. The van der Waals surface area contributed by atoms with E-state index in [0.717, 1.165) is 16.2 Å². The van der Waals surface area contributed by atoms with Crippen molar-refractivity contribution in [3.8, 4) is 5.75 Å². The molecule has 1 saturated heterocycles. The number of likely N-dealkylation sites (tertiary alicyclic amines) is 1.